The Kier molecular flexibility index (Phi) is 4.22. The van der Waals surface area contributed by atoms with Gasteiger partial charge in [0.2, 0.25) is 6.08 Å². The number of thioether (sulfide) groups is 1. The molecule has 1 saturated heterocycles. The molecule has 0 spiro atoms. The number of hydrogen-bond acceptors (Lipinski definition) is 5. The molecule has 4 nitrogen and oxygen atoms in total. The van der Waals surface area contributed by atoms with Crippen molar-refractivity contribution in [3.05, 3.63) is 23.8 Å². The van der Waals surface area contributed by atoms with Crippen molar-refractivity contribution in [1.82, 2.24) is 0 Å². The number of methoxy groups -OCH3 is 1. The van der Waals surface area contributed by atoms with Crippen LogP contribution in [0.2, 0.25) is 0 Å². The molecule has 1 atom stereocenters. The fourth-order valence-corrected chi connectivity index (χ4v) is 4.11. The zero-order valence-corrected chi connectivity index (χ0v) is 12.9. The first-order valence-corrected chi connectivity index (χ1v) is 8.45. The maximum atomic E-state index is 10.8. The molecule has 2 fully saturated rings. The van der Waals surface area contributed by atoms with Crippen molar-refractivity contribution < 1.29 is 14.3 Å². The Morgan fingerprint density at radius 3 is 2.86 bits per heavy atom. The Bertz CT molecular complexity index is 559. The number of aliphatic imine (C=N–C) groups is 1. The summed E-state index contributed by atoms with van der Waals surface area (Å²) in [5.41, 5.74) is 0.486. The molecule has 1 aromatic carbocycles. The number of benzene rings is 1. The monoisotopic (exact) mass is 305 g/mol. The Morgan fingerprint density at radius 1 is 1.43 bits per heavy atom. The summed E-state index contributed by atoms with van der Waals surface area (Å²) in [5.74, 6) is 3.64. The summed E-state index contributed by atoms with van der Waals surface area (Å²) in [7, 11) is 1.64. The van der Waals surface area contributed by atoms with Gasteiger partial charge in [-0.25, -0.2) is 4.79 Å². The molecule has 1 aliphatic carbocycles. The van der Waals surface area contributed by atoms with E-state index in [2.05, 4.69) is 4.99 Å². The van der Waals surface area contributed by atoms with Crippen LogP contribution in [0, 0.1) is 0 Å². The predicted octanol–water partition coefficient (Wildman–Crippen LogP) is 3.29. The zero-order chi connectivity index (χ0) is 14.7. The van der Waals surface area contributed by atoms with E-state index in [1.54, 1.807) is 13.2 Å². The van der Waals surface area contributed by atoms with Gasteiger partial charge in [-0.1, -0.05) is 12.1 Å². The Morgan fingerprint density at radius 2 is 2.29 bits per heavy atom. The quantitative estimate of drug-likeness (QED) is 0.618. The van der Waals surface area contributed by atoms with Gasteiger partial charge in [-0.15, -0.1) is 0 Å². The summed E-state index contributed by atoms with van der Waals surface area (Å²) >= 11 is 1.91. The van der Waals surface area contributed by atoms with Crippen LogP contribution in [-0.4, -0.2) is 30.8 Å². The van der Waals surface area contributed by atoms with Crippen LogP contribution in [0.3, 0.4) is 0 Å². The minimum absolute atomic E-state index is 0.242. The fourth-order valence-electron chi connectivity index (χ4n) is 3.01. The normalized spacial score (nSPS) is 23.0. The second kappa shape index (κ2) is 6.12. The van der Waals surface area contributed by atoms with Crippen LogP contribution in [0.25, 0.3) is 0 Å². The third-order valence-electron chi connectivity index (χ3n) is 4.31. The average molecular weight is 305 g/mol. The molecule has 1 heterocycles. The van der Waals surface area contributed by atoms with Crippen molar-refractivity contribution in [3.8, 4) is 11.5 Å². The lowest BCUT2D eigenvalue weighted by Crippen LogP contribution is -2.32. The molecule has 21 heavy (non-hydrogen) atoms. The van der Waals surface area contributed by atoms with Gasteiger partial charge >= 0.3 is 0 Å². The topological polar surface area (TPSA) is 47.9 Å². The molecule has 0 N–H and O–H groups in total. The summed E-state index contributed by atoms with van der Waals surface area (Å²) in [6.07, 6.45) is 5.83. The molecule has 1 unspecified atom stereocenters. The maximum absolute atomic E-state index is 10.8. The van der Waals surface area contributed by atoms with Crippen molar-refractivity contribution >= 4 is 17.8 Å². The second-order valence-electron chi connectivity index (χ2n) is 5.53. The molecule has 0 bridgehead atoms. The summed E-state index contributed by atoms with van der Waals surface area (Å²) in [5, 5.41) is 0. The van der Waals surface area contributed by atoms with Gasteiger partial charge in [-0.2, -0.15) is 16.8 Å². The average Bonchev–Trinajstić information content (AvgIpc) is 2.95. The highest BCUT2D eigenvalue weighted by Gasteiger charge is 2.42. The van der Waals surface area contributed by atoms with Crippen molar-refractivity contribution in [2.24, 2.45) is 4.99 Å². The van der Waals surface area contributed by atoms with E-state index in [9.17, 15) is 4.79 Å². The second-order valence-corrected chi connectivity index (χ2v) is 6.68. The van der Waals surface area contributed by atoms with Crippen molar-refractivity contribution in [2.45, 2.75) is 37.3 Å². The molecule has 1 saturated carbocycles. The van der Waals surface area contributed by atoms with Gasteiger partial charge in [0, 0.05) is 11.3 Å². The van der Waals surface area contributed by atoms with Crippen LogP contribution in [0.1, 0.15) is 31.2 Å². The summed E-state index contributed by atoms with van der Waals surface area (Å²) < 4.78 is 11.7. The lowest BCUT2D eigenvalue weighted by Gasteiger charge is -2.38. The smallest absolute Gasteiger partial charge is 0.235 e. The highest BCUT2D eigenvalue weighted by atomic mass is 32.2. The number of para-hydroxylation sites is 1. The molecule has 2 aliphatic rings. The van der Waals surface area contributed by atoms with Crippen LogP contribution in [-0.2, 0) is 10.3 Å². The van der Waals surface area contributed by atoms with E-state index in [1.807, 2.05) is 30.0 Å². The van der Waals surface area contributed by atoms with E-state index in [0.29, 0.717) is 5.75 Å². The molecule has 0 aromatic heterocycles. The number of ether oxygens (including phenoxy) is 2. The van der Waals surface area contributed by atoms with Crippen LogP contribution in [0.4, 0.5) is 0 Å². The molecule has 5 heteroatoms. The van der Waals surface area contributed by atoms with Crippen LogP contribution >= 0.6 is 11.8 Å². The predicted molar refractivity (Wildman–Crippen MR) is 83.0 cm³/mol. The van der Waals surface area contributed by atoms with E-state index >= 15 is 0 Å². The Labute approximate surface area is 128 Å². The standard InChI is InChI=1S/C16H19NO3S/c1-19-15-13(16(17-11-18)7-3-8-16)4-2-5-14(15)20-12-6-9-21-10-12/h2,4-5,12H,3,6-10H2,1H3. The van der Waals surface area contributed by atoms with Gasteiger partial charge in [-0.3, -0.25) is 0 Å². The van der Waals surface area contributed by atoms with Crippen molar-refractivity contribution in [1.29, 1.82) is 0 Å². The minimum atomic E-state index is -0.461. The van der Waals surface area contributed by atoms with Gasteiger partial charge in [0.25, 0.3) is 0 Å². The van der Waals surface area contributed by atoms with Gasteiger partial charge < -0.3 is 9.47 Å². The molecule has 1 aliphatic heterocycles. The third-order valence-corrected chi connectivity index (χ3v) is 5.44. The van der Waals surface area contributed by atoms with Crippen molar-refractivity contribution in [3.63, 3.8) is 0 Å². The molecule has 1 aromatic rings. The number of nitrogens with zero attached hydrogens (tertiary/aromatic N) is 1. The third kappa shape index (κ3) is 2.68. The number of isocyanates is 1. The lowest BCUT2D eigenvalue weighted by molar-refractivity contribution is 0.209. The van der Waals surface area contributed by atoms with E-state index in [4.69, 9.17) is 9.47 Å². The molecular weight excluding hydrogens is 286 g/mol. The van der Waals surface area contributed by atoms with Gasteiger partial charge in [0.1, 0.15) is 11.6 Å². The SMILES string of the molecule is COc1c(OC2CCSC2)cccc1C1(N=C=O)CCC1. The number of rotatable bonds is 5. The molecule has 0 radical (unpaired) electrons. The summed E-state index contributed by atoms with van der Waals surface area (Å²) in [4.78, 5) is 14.9. The van der Waals surface area contributed by atoms with Gasteiger partial charge in [0.15, 0.2) is 11.5 Å². The molecule has 112 valence electrons. The Hall–Kier alpha value is -1.45. The first-order chi connectivity index (χ1) is 10.3. The Balaban J connectivity index is 1.95. The van der Waals surface area contributed by atoms with Gasteiger partial charge in [0.05, 0.1) is 7.11 Å². The molecule has 3 rings (SSSR count). The van der Waals surface area contributed by atoms with Crippen LogP contribution < -0.4 is 9.47 Å². The summed E-state index contributed by atoms with van der Waals surface area (Å²) in [6, 6.07) is 5.87. The molecule has 0 amide bonds. The van der Waals surface area contributed by atoms with E-state index in [-0.39, 0.29) is 6.10 Å². The van der Waals surface area contributed by atoms with E-state index < -0.39 is 5.54 Å². The largest absolute Gasteiger partial charge is 0.492 e. The zero-order valence-electron chi connectivity index (χ0n) is 12.1. The maximum Gasteiger partial charge on any atom is 0.235 e. The molecular formula is C16H19NO3S. The first-order valence-electron chi connectivity index (χ1n) is 7.30. The number of hydrogen-bond donors (Lipinski definition) is 0. The van der Waals surface area contributed by atoms with Gasteiger partial charge in [-0.05, 0) is 37.5 Å². The fraction of sp³-hybridized carbons (Fsp3) is 0.562. The van der Waals surface area contributed by atoms with Crippen LogP contribution in [0.5, 0.6) is 11.5 Å². The lowest BCUT2D eigenvalue weighted by atomic mass is 9.72. The van der Waals surface area contributed by atoms with E-state index in [0.717, 1.165) is 48.5 Å². The highest BCUT2D eigenvalue weighted by Crippen LogP contribution is 2.50. The van der Waals surface area contributed by atoms with E-state index in [1.165, 1.54) is 0 Å². The summed E-state index contributed by atoms with van der Waals surface area (Å²) in [6.45, 7) is 0. The highest BCUT2D eigenvalue weighted by molar-refractivity contribution is 7.99. The first kappa shape index (κ1) is 14.5. The van der Waals surface area contributed by atoms with Crippen molar-refractivity contribution in [2.75, 3.05) is 18.6 Å². The minimum Gasteiger partial charge on any atom is -0.492 e. The van der Waals surface area contributed by atoms with Crippen LogP contribution in [0.15, 0.2) is 23.2 Å². The number of carbonyl (C=O) groups excluding carboxylic acids is 1.